The maximum absolute atomic E-state index is 6.15. The summed E-state index contributed by atoms with van der Waals surface area (Å²) in [5, 5.41) is 0. The van der Waals surface area contributed by atoms with Crippen molar-refractivity contribution < 1.29 is 9.47 Å². The fraction of sp³-hybridized carbons (Fsp3) is 0.217. The number of rotatable bonds is 8. The maximum Gasteiger partial charge on any atom is 0.125 e. The molecule has 0 atom stereocenters. The van der Waals surface area contributed by atoms with Crippen molar-refractivity contribution in [3.05, 3.63) is 95.6 Å². The summed E-state index contributed by atoms with van der Waals surface area (Å²) < 4.78 is 10.9. The van der Waals surface area contributed by atoms with Gasteiger partial charge in [-0.15, -0.1) is 24.8 Å². The van der Waals surface area contributed by atoms with Crippen LogP contribution in [0.1, 0.15) is 23.1 Å². The number of hydrazine groups is 1. The lowest BCUT2D eigenvalue weighted by atomic mass is 9.79. The van der Waals surface area contributed by atoms with Crippen LogP contribution in [0.5, 0.6) is 11.5 Å². The lowest BCUT2D eigenvalue weighted by Crippen LogP contribution is -2.48. The smallest absolute Gasteiger partial charge is 0.125 e. The molecule has 0 saturated heterocycles. The molecular weight excluding hydrogens is 407 g/mol. The minimum atomic E-state index is -0.493. The molecule has 0 bridgehead atoms. The number of nitrogens with two attached hydrogens (primary N) is 1. The molecule has 0 fully saturated rings. The fourth-order valence-corrected chi connectivity index (χ4v) is 3.52. The van der Waals surface area contributed by atoms with Gasteiger partial charge >= 0.3 is 0 Å². The van der Waals surface area contributed by atoms with Crippen molar-refractivity contribution in [3.63, 3.8) is 0 Å². The molecule has 3 rings (SSSR count). The van der Waals surface area contributed by atoms with Crippen LogP contribution in [0.4, 0.5) is 0 Å². The zero-order valence-corrected chi connectivity index (χ0v) is 18.3. The van der Waals surface area contributed by atoms with Crippen LogP contribution in [-0.2, 0) is 12.0 Å². The molecule has 0 radical (unpaired) electrons. The van der Waals surface area contributed by atoms with Gasteiger partial charge in [-0.1, -0.05) is 66.7 Å². The van der Waals surface area contributed by atoms with Crippen molar-refractivity contribution in [1.82, 2.24) is 5.43 Å². The average molecular weight is 435 g/mol. The van der Waals surface area contributed by atoms with E-state index in [0.717, 1.165) is 41.0 Å². The normalized spacial score (nSPS) is 10.4. The quantitative estimate of drug-likeness (QED) is 0.391. The molecule has 3 N–H and O–H groups in total. The summed E-state index contributed by atoms with van der Waals surface area (Å²) in [5.41, 5.74) is 6.00. The minimum Gasteiger partial charge on any atom is -0.497 e. The van der Waals surface area contributed by atoms with Crippen LogP contribution in [0.3, 0.4) is 0 Å². The van der Waals surface area contributed by atoms with Gasteiger partial charge in [0.05, 0.1) is 19.8 Å². The summed E-state index contributed by atoms with van der Waals surface area (Å²) >= 11 is 0. The van der Waals surface area contributed by atoms with E-state index in [4.69, 9.17) is 15.3 Å². The Balaban J connectivity index is 0.00000210. The fourth-order valence-electron chi connectivity index (χ4n) is 3.52. The molecule has 156 valence electrons. The molecule has 4 nitrogen and oxygen atoms in total. The van der Waals surface area contributed by atoms with Crippen molar-refractivity contribution in [1.29, 1.82) is 0 Å². The summed E-state index contributed by atoms with van der Waals surface area (Å²) in [6, 6.07) is 26.6. The Labute approximate surface area is 185 Å². The van der Waals surface area contributed by atoms with Gasteiger partial charge in [0.1, 0.15) is 11.5 Å². The Morgan fingerprint density at radius 1 is 0.793 bits per heavy atom. The highest BCUT2D eigenvalue weighted by molar-refractivity contribution is 5.85. The van der Waals surface area contributed by atoms with Crippen LogP contribution < -0.4 is 20.7 Å². The van der Waals surface area contributed by atoms with Crippen molar-refractivity contribution >= 4 is 24.8 Å². The number of ether oxygens (including phenoxy) is 2. The molecule has 3 aromatic carbocycles. The van der Waals surface area contributed by atoms with Gasteiger partial charge in [-0.3, -0.25) is 5.84 Å². The van der Waals surface area contributed by atoms with Crippen molar-refractivity contribution in [2.75, 3.05) is 14.2 Å². The lowest BCUT2D eigenvalue weighted by molar-refractivity contribution is 0.369. The lowest BCUT2D eigenvalue weighted by Gasteiger charge is -2.35. The third-order valence-corrected chi connectivity index (χ3v) is 5.04. The van der Waals surface area contributed by atoms with Crippen LogP contribution in [0.25, 0.3) is 0 Å². The van der Waals surface area contributed by atoms with E-state index < -0.39 is 5.54 Å². The molecule has 0 spiro atoms. The molecule has 0 heterocycles. The van der Waals surface area contributed by atoms with E-state index in [9.17, 15) is 0 Å². The zero-order chi connectivity index (χ0) is 19.1. The summed E-state index contributed by atoms with van der Waals surface area (Å²) in [4.78, 5) is 0. The Morgan fingerprint density at radius 2 is 1.34 bits per heavy atom. The predicted molar refractivity (Wildman–Crippen MR) is 123 cm³/mol. The van der Waals surface area contributed by atoms with Crippen LogP contribution in [0.15, 0.2) is 78.9 Å². The standard InChI is InChI=1S/C23H26N2O2.2ClH/c1-26-21-14-13-18(22(17-21)27-2)15-16-23(25-24,19-9-5-3-6-10-19)20-11-7-4-8-12-20;;/h3-14,17,25H,15-16,24H2,1-2H3;2*1H. The van der Waals surface area contributed by atoms with Gasteiger partial charge in [-0.2, -0.15) is 0 Å². The number of nitrogens with one attached hydrogen (secondary N) is 1. The molecular formula is C23H28Cl2N2O2. The third kappa shape index (κ3) is 5.43. The molecule has 0 unspecified atom stereocenters. The first-order valence-electron chi connectivity index (χ1n) is 9.03. The van der Waals surface area contributed by atoms with Gasteiger partial charge in [0, 0.05) is 6.07 Å². The van der Waals surface area contributed by atoms with Crippen LogP contribution in [0, 0.1) is 0 Å². The van der Waals surface area contributed by atoms with Gasteiger partial charge in [0.2, 0.25) is 0 Å². The van der Waals surface area contributed by atoms with Gasteiger partial charge in [0.25, 0.3) is 0 Å². The Kier molecular flexibility index (Phi) is 9.99. The van der Waals surface area contributed by atoms with E-state index in [0.29, 0.717) is 0 Å². The first kappa shape index (κ1) is 24.8. The van der Waals surface area contributed by atoms with Gasteiger partial charge < -0.3 is 9.47 Å². The highest BCUT2D eigenvalue weighted by Crippen LogP contribution is 2.35. The average Bonchev–Trinajstić information content (AvgIpc) is 2.76. The molecule has 3 aromatic rings. The van der Waals surface area contributed by atoms with E-state index >= 15 is 0 Å². The van der Waals surface area contributed by atoms with Gasteiger partial charge in [0.15, 0.2) is 0 Å². The van der Waals surface area contributed by atoms with Crippen molar-refractivity contribution in [2.45, 2.75) is 18.4 Å². The van der Waals surface area contributed by atoms with Gasteiger partial charge in [-0.05, 0) is 35.6 Å². The summed E-state index contributed by atoms with van der Waals surface area (Å²) in [5.74, 6) is 7.75. The molecule has 0 saturated carbocycles. The Hall–Kier alpha value is -2.24. The highest BCUT2D eigenvalue weighted by atomic mass is 35.5. The van der Waals surface area contributed by atoms with E-state index in [2.05, 4.69) is 35.8 Å². The Morgan fingerprint density at radius 3 is 1.79 bits per heavy atom. The summed E-state index contributed by atoms with van der Waals surface area (Å²) in [7, 11) is 3.34. The molecule has 0 aliphatic carbocycles. The Bertz CT molecular complexity index is 822. The topological polar surface area (TPSA) is 56.5 Å². The second-order valence-corrected chi connectivity index (χ2v) is 6.46. The highest BCUT2D eigenvalue weighted by Gasteiger charge is 2.33. The van der Waals surface area contributed by atoms with Crippen molar-refractivity contribution in [3.8, 4) is 11.5 Å². The first-order valence-corrected chi connectivity index (χ1v) is 9.03. The van der Waals surface area contributed by atoms with E-state index in [1.807, 2.05) is 48.5 Å². The number of hydrogen-bond acceptors (Lipinski definition) is 4. The van der Waals surface area contributed by atoms with Crippen LogP contribution in [0.2, 0.25) is 0 Å². The second-order valence-electron chi connectivity index (χ2n) is 6.46. The number of aryl methyl sites for hydroxylation is 1. The minimum absolute atomic E-state index is 0. The molecule has 0 amide bonds. The van der Waals surface area contributed by atoms with E-state index in [1.165, 1.54) is 0 Å². The molecule has 0 aliphatic heterocycles. The largest absolute Gasteiger partial charge is 0.497 e. The van der Waals surface area contributed by atoms with Gasteiger partial charge in [-0.25, -0.2) is 5.43 Å². The summed E-state index contributed by atoms with van der Waals surface area (Å²) in [6.45, 7) is 0. The molecule has 0 aromatic heterocycles. The predicted octanol–water partition coefficient (Wildman–Crippen LogP) is 4.89. The SMILES string of the molecule is COc1ccc(CCC(NN)(c2ccccc2)c2ccccc2)c(OC)c1.Cl.Cl. The molecule has 0 aliphatic rings. The van der Waals surface area contributed by atoms with E-state index in [-0.39, 0.29) is 24.8 Å². The molecule has 6 heteroatoms. The zero-order valence-electron chi connectivity index (χ0n) is 16.6. The molecule has 29 heavy (non-hydrogen) atoms. The van der Waals surface area contributed by atoms with E-state index in [1.54, 1.807) is 14.2 Å². The number of methoxy groups -OCH3 is 2. The maximum atomic E-state index is 6.15. The summed E-state index contributed by atoms with van der Waals surface area (Å²) in [6.07, 6.45) is 1.57. The van der Waals surface area contributed by atoms with Crippen molar-refractivity contribution in [2.24, 2.45) is 5.84 Å². The number of hydrogen-bond donors (Lipinski definition) is 2. The first-order chi connectivity index (χ1) is 13.2. The third-order valence-electron chi connectivity index (χ3n) is 5.04. The number of benzene rings is 3. The van der Waals surface area contributed by atoms with Crippen LogP contribution >= 0.6 is 24.8 Å². The monoisotopic (exact) mass is 434 g/mol. The van der Waals surface area contributed by atoms with Crippen LogP contribution in [-0.4, -0.2) is 14.2 Å². The second kappa shape index (κ2) is 11.7. The number of halogens is 2.